The molecule has 2 aliphatic heterocycles. The fourth-order valence-corrected chi connectivity index (χ4v) is 3.35. The van der Waals surface area contributed by atoms with Gasteiger partial charge in [0, 0.05) is 25.6 Å². The first-order valence-electron chi connectivity index (χ1n) is 8.58. The molecule has 5 nitrogen and oxygen atoms in total. The Morgan fingerprint density at radius 2 is 2.00 bits per heavy atom. The van der Waals surface area contributed by atoms with Gasteiger partial charge in [0.05, 0.1) is 5.92 Å². The van der Waals surface area contributed by atoms with Crippen LogP contribution < -0.4 is 5.32 Å². The number of alkyl halides is 3. The maximum atomic E-state index is 12.6. The van der Waals surface area contributed by atoms with Crippen LogP contribution >= 0.6 is 0 Å². The summed E-state index contributed by atoms with van der Waals surface area (Å²) < 4.78 is 37.8. The van der Waals surface area contributed by atoms with E-state index >= 15 is 0 Å². The molecule has 0 aromatic carbocycles. The number of hydrogen-bond donors (Lipinski definition) is 1. The van der Waals surface area contributed by atoms with E-state index in [1.807, 2.05) is 6.92 Å². The Morgan fingerprint density at radius 3 is 2.50 bits per heavy atom. The maximum Gasteiger partial charge on any atom is 0.406 e. The number of halogens is 3. The van der Waals surface area contributed by atoms with E-state index in [0.717, 1.165) is 18.0 Å². The Balaban J connectivity index is 1.95. The van der Waals surface area contributed by atoms with Crippen molar-refractivity contribution in [2.45, 2.75) is 32.9 Å². The Bertz CT molecular complexity index is 466. The Hall–Kier alpha value is -1.31. The van der Waals surface area contributed by atoms with Crippen LogP contribution in [0.25, 0.3) is 0 Å². The maximum absolute atomic E-state index is 12.6. The molecule has 0 aromatic heterocycles. The molecule has 2 fully saturated rings. The third-order valence-electron chi connectivity index (χ3n) is 5.06. The van der Waals surface area contributed by atoms with E-state index in [4.69, 9.17) is 0 Å². The van der Waals surface area contributed by atoms with Crippen LogP contribution in [-0.4, -0.2) is 67.1 Å². The van der Waals surface area contributed by atoms with Gasteiger partial charge in [-0.05, 0) is 38.8 Å². The van der Waals surface area contributed by atoms with Crippen molar-refractivity contribution in [2.24, 2.45) is 17.8 Å². The van der Waals surface area contributed by atoms with Gasteiger partial charge >= 0.3 is 6.18 Å². The van der Waals surface area contributed by atoms with E-state index in [1.54, 1.807) is 11.8 Å². The largest absolute Gasteiger partial charge is 0.406 e. The lowest BCUT2D eigenvalue weighted by molar-refractivity contribution is -0.165. The highest BCUT2D eigenvalue weighted by Gasteiger charge is 2.38. The smallest absolute Gasteiger partial charge is 0.342 e. The summed E-state index contributed by atoms with van der Waals surface area (Å²) in [4.78, 5) is 27.5. The van der Waals surface area contributed by atoms with Gasteiger partial charge in [-0.2, -0.15) is 13.2 Å². The molecule has 0 aromatic rings. The predicted octanol–water partition coefficient (Wildman–Crippen LogP) is 1.49. The van der Waals surface area contributed by atoms with Crippen molar-refractivity contribution >= 4 is 11.8 Å². The Labute approximate surface area is 140 Å². The highest BCUT2D eigenvalue weighted by molar-refractivity contribution is 5.82. The molecule has 2 atom stereocenters. The molecule has 0 radical (unpaired) electrons. The molecule has 0 bridgehead atoms. The first-order chi connectivity index (χ1) is 11.2. The number of piperidine rings is 1. The van der Waals surface area contributed by atoms with Gasteiger partial charge in [0.25, 0.3) is 0 Å². The van der Waals surface area contributed by atoms with Gasteiger partial charge < -0.3 is 15.1 Å². The third-order valence-corrected chi connectivity index (χ3v) is 5.06. The van der Waals surface area contributed by atoms with Crippen LogP contribution in [0.5, 0.6) is 0 Å². The zero-order valence-electron chi connectivity index (χ0n) is 14.2. The van der Waals surface area contributed by atoms with Crippen LogP contribution in [0, 0.1) is 17.8 Å². The van der Waals surface area contributed by atoms with Crippen molar-refractivity contribution in [2.75, 3.05) is 39.3 Å². The zero-order chi connectivity index (χ0) is 17.9. The van der Waals surface area contributed by atoms with Gasteiger partial charge in [-0.25, -0.2) is 0 Å². The van der Waals surface area contributed by atoms with Gasteiger partial charge in [0.1, 0.15) is 6.54 Å². The Kier molecular flexibility index (Phi) is 6.11. The molecule has 2 rings (SSSR count). The minimum atomic E-state index is -4.40. The fraction of sp³-hybridized carbons (Fsp3) is 0.875. The highest BCUT2D eigenvalue weighted by atomic mass is 19.4. The predicted molar refractivity (Wildman–Crippen MR) is 83.1 cm³/mol. The zero-order valence-corrected chi connectivity index (χ0v) is 14.2. The standard InChI is InChI=1S/C16H26F3N3O2/c1-3-21(10-16(17,18)19)15(24)12-5-4-6-22(9-12)14(23)11(2)13-7-20-8-13/h11-13,20H,3-10H2,1-2H3. The number of hydrogen-bond acceptors (Lipinski definition) is 3. The van der Waals surface area contributed by atoms with E-state index in [2.05, 4.69) is 5.32 Å². The molecule has 2 aliphatic rings. The van der Waals surface area contributed by atoms with Crippen molar-refractivity contribution in [3.05, 3.63) is 0 Å². The summed E-state index contributed by atoms with van der Waals surface area (Å²) in [5.74, 6) is -0.816. The molecule has 0 saturated carbocycles. The molecule has 0 spiro atoms. The summed E-state index contributed by atoms with van der Waals surface area (Å²) in [5, 5.41) is 3.13. The second-order valence-corrected chi connectivity index (χ2v) is 6.80. The van der Waals surface area contributed by atoms with Crippen LogP contribution in [0.2, 0.25) is 0 Å². The van der Waals surface area contributed by atoms with E-state index in [0.29, 0.717) is 25.3 Å². The van der Waals surface area contributed by atoms with Crippen LogP contribution in [0.1, 0.15) is 26.7 Å². The van der Waals surface area contributed by atoms with E-state index < -0.39 is 24.5 Å². The van der Waals surface area contributed by atoms with Crippen molar-refractivity contribution < 1.29 is 22.8 Å². The fourth-order valence-electron chi connectivity index (χ4n) is 3.35. The summed E-state index contributed by atoms with van der Waals surface area (Å²) in [6.07, 6.45) is -3.21. The second kappa shape index (κ2) is 7.72. The molecular formula is C16H26F3N3O2. The topological polar surface area (TPSA) is 52.7 Å². The molecule has 0 aliphatic carbocycles. The average molecular weight is 349 g/mol. The van der Waals surface area contributed by atoms with E-state index in [9.17, 15) is 22.8 Å². The van der Waals surface area contributed by atoms with E-state index in [1.165, 1.54) is 0 Å². The second-order valence-electron chi connectivity index (χ2n) is 6.80. The number of amides is 2. The summed E-state index contributed by atoms with van der Waals surface area (Å²) in [6.45, 7) is 4.68. The lowest BCUT2D eigenvalue weighted by Gasteiger charge is -2.39. The quantitative estimate of drug-likeness (QED) is 0.818. The van der Waals surface area contributed by atoms with Crippen LogP contribution in [0.3, 0.4) is 0 Å². The molecule has 2 amide bonds. The lowest BCUT2D eigenvalue weighted by Crippen LogP contribution is -2.53. The summed E-state index contributed by atoms with van der Waals surface area (Å²) >= 11 is 0. The monoisotopic (exact) mass is 349 g/mol. The van der Waals surface area contributed by atoms with Crippen molar-refractivity contribution in [3.63, 3.8) is 0 Å². The number of nitrogens with one attached hydrogen (secondary N) is 1. The minimum Gasteiger partial charge on any atom is -0.342 e. The van der Waals surface area contributed by atoms with Crippen LogP contribution in [-0.2, 0) is 9.59 Å². The Morgan fingerprint density at radius 1 is 1.33 bits per heavy atom. The minimum absolute atomic E-state index is 0.0119. The summed E-state index contributed by atoms with van der Waals surface area (Å²) in [7, 11) is 0. The molecule has 138 valence electrons. The molecule has 2 unspecified atom stereocenters. The molecule has 1 N–H and O–H groups in total. The van der Waals surface area contributed by atoms with Gasteiger partial charge in [-0.3, -0.25) is 9.59 Å². The summed E-state index contributed by atoms with van der Waals surface area (Å²) in [6, 6.07) is 0. The molecule has 2 saturated heterocycles. The van der Waals surface area contributed by atoms with Gasteiger partial charge in [-0.15, -0.1) is 0 Å². The molecular weight excluding hydrogens is 323 g/mol. The first kappa shape index (κ1) is 19.0. The molecule has 2 heterocycles. The summed E-state index contributed by atoms with van der Waals surface area (Å²) in [5.41, 5.74) is 0. The SMILES string of the molecule is CCN(CC(F)(F)F)C(=O)C1CCCN(C(=O)C(C)C2CNC2)C1. The third kappa shape index (κ3) is 4.62. The van der Waals surface area contributed by atoms with Crippen LogP contribution in [0.4, 0.5) is 13.2 Å². The number of carbonyl (C=O) groups excluding carboxylic acids is 2. The number of nitrogens with zero attached hydrogens (tertiary/aromatic N) is 2. The molecule has 24 heavy (non-hydrogen) atoms. The molecule has 8 heteroatoms. The number of carbonyl (C=O) groups is 2. The average Bonchev–Trinajstić information content (AvgIpc) is 2.48. The van der Waals surface area contributed by atoms with Gasteiger partial charge in [-0.1, -0.05) is 6.92 Å². The van der Waals surface area contributed by atoms with E-state index in [-0.39, 0.29) is 24.9 Å². The van der Waals surface area contributed by atoms with Crippen molar-refractivity contribution in [3.8, 4) is 0 Å². The number of rotatable bonds is 5. The number of likely N-dealkylation sites (tertiary alicyclic amines) is 1. The highest BCUT2D eigenvalue weighted by Crippen LogP contribution is 2.25. The first-order valence-corrected chi connectivity index (χ1v) is 8.58. The normalized spacial score (nSPS) is 23.5. The van der Waals surface area contributed by atoms with Crippen LogP contribution in [0.15, 0.2) is 0 Å². The van der Waals surface area contributed by atoms with Crippen molar-refractivity contribution in [1.82, 2.24) is 15.1 Å². The lowest BCUT2D eigenvalue weighted by atomic mass is 9.86. The van der Waals surface area contributed by atoms with Gasteiger partial charge in [0.2, 0.25) is 11.8 Å². The van der Waals surface area contributed by atoms with Crippen molar-refractivity contribution in [1.29, 1.82) is 0 Å². The van der Waals surface area contributed by atoms with Gasteiger partial charge in [0.15, 0.2) is 0 Å².